The summed E-state index contributed by atoms with van der Waals surface area (Å²) in [4.78, 5) is 12.1. The van der Waals surface area contributed by atoms with Gasteiger partial charge in [-0.15, -0.1) is 0 Å². The van der Waals surface area contributed by atoms with E-state index in [2.05, 4.69) is 43.8 Å². The summed E-state index contributed by atoms with van der Waals surface area (Å²) in [5, 5.41) is 2.82. The van der Waals surface area contributed by atoms with Crippen molar-refractivity contribution in [3.05, 3.63) is 56.1 Å². The van der Waals surface area contributed by atoms with Gasteiger partial charge in [0, 0.05) is 8.04 Å². The van der Waals surface area contributed by atoms with E-state index >= 15 is 0 Å². The standard InChI is InChI=1S/C15H14BrIN2O2/c16-12-6-5-10(17)9-11(12)15(20)19-7-8-21-14-4-2-1-3-13(14)18/h1-6,9H,7-8,18H2,(H,19,20). The lowest BCUT2D eigenvalue weighted by Gasteiger charge is -2.10. The fourth-order valence-corrected chi connectivity index (χ4v) is 2.62. The number of hydrogen-bond acceptors (Lipinski definition) is 3. The number of anilines is 1. The van der Waals surface area contributed by atoms with Crippen LogP contribution in [0.5, 0.6) is 5.75 Å². The van der Waals surface area contributed by atoms with E-state index in [1.54, 1.807) is 12.1 Å². The predicted octanol–water partition coefficient (Wildman–Crippen LogP) is 3.44. The van der Waals surface area contributed by atoms with Crippen molar-refractivity contribution in [2.24, 2.45) is 0 Å². The number of benzene rings is 2. The lowest BCUT2D eigenvalue weighted by Crippen LogP contribution is -2.28. The van der Waals surface area contributed by atoms with Crippen molar-refractivity contribution in [2.75, 3.05) is 18.9 Å². The molecule has 1 amide bonds. The number of para-hydroxylation sites is 2. The number of rotatable bonds is 5. The van der Waals surface area contributed by atoms with Crippen LogP contribution < -0.4 is 15.8 Å². The zero-order valence-corrected chi connectivity index (χ0v) is 14.8. The SMILES string of the molecule is Nc1ccccc1OCCNC(=O)c1cc(I)ccc1Br. The highest BCUT2D eigenvalue weighted by Gasteiger charge is 2.10. The molecule has 110 valence electrons. The highest BCUT2D eigenvalue weighted by molar-refractivity contribution is 14.1. The van der Waals surface area contributed by atoms with Gasteiger partial charge in [0.2, 0.25) is 0 Å². The Morgan fingerprint density at radius 2 is 2.05 bits per heavy atom. The number of halogens is 2. The van der Waals surface area contributed by atoms with Crippen LogP contribution in [0.1, 0.15) is 10.4 Å². The summed E-state index contributed by atoms with van der Waals surface area (Å²) in [5.41, 5.74) is 6.97. The van der Waals surface area contributed by atoms with Crippen molar-refractivity contribution in [2.45, 2.75) is 0 Å². The molecule has 2 aromatic rings. The lowest BCUT2D eigenvalue weighted by atomic mass is 10.2. The third-order valence-corrected chi connectivity index (χ3v) is 4.10. The van der Waals surface area contributed by atoms with Crippen molar-refractivity contribution < 1.29 is 9.53 Å². The van der Waals surface area contributed by atoms with Crippen LogP contribution >= 0.6 is 38.5 Å². The van der Waals surface area contributed by atoms with Crippen molar-refractivity contribution in [3.8, 4) is 5.75 Å². The molecule has 0 bridgehead atoms. The number of nitrogen functional groups attached to an aromatic ring is 1. The number of nitrogens with one attached hydrogen (secondary N) is 1. The van der Waals surface area contributed by atoms with Crippen molar-refractivity contribution in [3.63, 3.8) is 0 Å². The second-order valence-corrected chi connectivity index (χ2v) is 6.37. The van der Waals surface area contributed by atoms with Gasteiger partial charge in [0.15, 0.2) is 0 Å². The summed E-state index contributed by atoms with van der Waals surface area (Å²) in [6, 6.07) is 12.9. The second kappa shape index (κ2) is 7.65. The first-order chi connectivity index (χ1) is 10.1. The Labute approximate surface area is 145 Å². The molecular formula is C15H14BrIN2O2. The van der Waals surface area contributed by atoms with Crippen LogP contribution in [0.3, 0.4) is 0 Å². The first kappa shape index (κ1) is 16.1. The molecule has 0 unspecified atom stereocenters. The quantitative estimate of drug-likeness (QED) is 0.408. The van der Waals surface area contributed by atoms with E-state index in [0.717, 1.165) is 8.04 Å². The van der Waals surface area contributed by atoms with Crippen LogP contribution in [0, 0.1) is 3.57 Å². The molecule has 0 saturated carbocycles. The molecule has 0 saturated heterocycles. The molecule has 0 spiro atoms. The van der Waals surface area contributed by atoms with Crippen molar-refractivity contribution in [1.82, 2.24) is 5.32 Å². The molecule has 21 heavy (non-hydrogen) atoms. The maximum Gasteiger partial charge on any atom is 0.252 e. The first-order valence-electron chi connectivity index (χ1n) is 6.28. The normalized spacial score (nSPS) is 10.2. The van der Waals surface area contributed by atoms with E-state index in [1.807, 2.05) is 30.3 Å². The molecule has 0 heterocycles. The Kier molecular flexibility index (Phi) is 5.86. The van der Waals surface area contributed by atoms with Gasteiger partial charge in [-0.05, 0) is 68.9 Å². The third kappa shape index (κ3) is 4.60. The first-order valence-corrected chi connectivity index (χ1v) is 8.15. The van der Waals surface area contributed by atoms with Gasteiger partial charge >= 0.3 is 0 Å². The topological polar surface area (TPSA) is 64.3 Å². The minimum atomic E-state index is -0.134. The Morgan fingerprint density at radius 3 is 2.81 bits per heavy atom. The number of carbonyl (C=O) groups excluding carboxylic acids is 1. The Morgan fingerprint density at radius 1 is 1.29 bits per heavy atom. The van der Waals surface area contributed by atoms with Gasteiger partial charge in [0.25, 0.3) is 5.91 Å². The average molecular weight is 461 g/mol. The molecule has 0 atom stereocenters. The maximum absolute atomic E-state index is 12.1. The smallest absolute Gasteiger partial charge is 0.252 e. The van der Waals surface area contributed by atoms with Crippen LogP contribution in [0.15, 0.2) is 46.9 Å². The molecule has 0 radical (unpaired) electrons. The average Bonchev–Trinajstić information content (AvgIpc) is 2.47. The zero-order chi connectivity index (χ0) is 15.2. The van der Waals surface area contributed by atoms with Gasteiger partial charge < -0.3 is 15.8 Å². The molecule has 3 N–H and O–H groups in total. The van der Waals surface area contributed by atoms with E-state index in [0.29, 0.717) is 30.2 Å². The van der Waals surface area contributed by atoms with Crippen molar-refractivity contribution >= 4 is 50.1 Å². The Balaban J connectivity index is 1.85. The summed E-state index contributed by atoms with van der Waals surface area (Å²) in [5.74, 6) is 0.493. The number of nitrogens with two attached hydrogens (primary N) is 1. The minimum Gasteiger partial charge on any atom is -0.490 e. The Bertz CT molecular complexity index is 649. The van der Waals surface area contributed by atoms with Crippen LogP contribution in [0.25, 0.3) is 0 Å². The van der Waals surface area contributed by atoms with Crippen molar-refractivity contribution in [1.29, 1.82) is 0 Å². The monoisotopic (exact) mass is 460 g/mol. The fourth-order valence-electron chi connectivity index (χ4n) is 1.70. The molecule has 4 nitrogen and oxygen atoms in total. The largest absolute Gasteiger partial charge is 0.490 e. The lowest BCUT2D eigenvalue weighted by molar-refractivity contribution is 0.0946. The van der Waals surface area contributed by atoms with Crippen LogP contribution in [-0.4, -0.2) is 19.1 Å². The van der Waals surface area contributed by atoms with E-state index < -0.39 is 0 Å². The van der Waals surface area contributed by atoms with E-state index in [4.69, 9.17) is 10.5 Å². The number of ether oxygens (including phenoxy) is 1. The van der Waals surface area contributed by atoms with E-state index in [-0.39, 0.29) is 5.91 Å². The molecule has 2 aromatic carbocycles. The summed E-state index contributed by atoms with van der Waals surface area (Å²) >= 11 is 5.55. The third-order valence-electron chi connectivity index (χ3n) is 2.74. The number of hydrogen-bond donors (Lipinski definition) is 2. The fraction of sp³-hybridized carbons (Fsp3) is 0.133. The summed E-state index contributed by atoms with van der Waals surface area (Å²) in [6.07, 6.45) is 0. The van der Waals surface area contributed by atoms with E-state index in [1.165, 1.54) is 0 Å². The van der Waals surface area contributed by atoms with Gasteiger partial charge in [-0.25, -0.2) is 0 Å². The molecule has 0 aromatic heterocycles. The van der Waals surface area contributed by atoms with Gasteiger partial charge in [-0.1, -0.05) is 12.1 Å². The van der Waals surface area contributed by atoms with Gasteiger partial charge in [-0.2, -0.15) is 0 Å². The summed E-state index contributed by atoms with van der Waals surface area (Å²) in [6.45, 7) is 0.770. The van der Waals surface area contributed by atoms with E-state index in [9.17, 15) is 4.79 Å². The minimum absolute atomic E-state index is 0.134. The highest BCUT2D eigenvalue weighted by atomic mass is 127. The molecule has 2 rings (SSSR count). The van der Waals surface area contributed by atoms with Crippen LogP contribution in [0.4, 0.5) is 5.69 Å². The molecular weight excluding hydrogens is 447 g/mol. The van der Waals surface area contributed by atoms with Gasteiger partial charge in [-0.3, -0.25) is 4.79 Å². The molecule has 0 aliphatic rings. The van der Waals surface area contributed by atoms with Gasteiger partial charge in [0.1, 0.15) is 12.4 Å². The predicted molar refractivity (Wildman–Crippen MR) is 95.5 cm³/mol. The second-order valence-electron chi connectivity index (χ2n) is 4.27. The highest BCUT2D eigenvalue weighted by Crippen LogP contribution is 2.20. The molecule has 0 aliphatic carbocycles. The summed E-state index contributed by atoms with van der Waals surface area (Å²) < 4.78 is 7.30. The summed E-state index contributed by atoms with van der Waals surface area (Å²) in [7, 11) is 0. The zero-order valence-electron chi connectivity index (χ0n) is 11.1. The number of carbonyl (C=O) groups is 1. The Hall–Kier alpha value is -1.28. The molecule has 0 aliphatic heterocycles. The van der Waals surface area contributed by atoms with Gasteiger partial charge in [0.05, 0.1) is 17.8 Å². The number of amides is 1. The molecule has 0 fully saturated rings. The maximum atomic E-state index is 12.1. The van der Waals surface area contributed by atoms with Crippen LogP contribution in [-0.2, 0) is 0 Å². The molecule has 6 heteroatoms. The van der Waals surface area contributed by atoms with Crippen LogP contribution in [0.2, 0.25) is 0 Å².